The summed E-state index contributed by atoms with van der Waals surface area (Å²) in [7, 11) is -5.98. The maximum Gasteiger partial charge on any atom is 0.246 e. The van der Waals surface area contributed by atoms with E-state index in [4.69, 9.17) is 4.74 Å². The number of rotatable bonds is 8. The van der Waals surface area contributed by atoms with Gasteiger partial charge in [-0.05, 0) is 38.0 Å². The Kier molecular flexibility index (Phi) is 7.43. The summed E-state index contributed by atoms with van der Waals surface area (Å²) in [5.74, 6) is -0.349. The molecule has 1 aliphatic rings. The fourth-order valence-electron chi connectivity index (χ4n) is 2.83. The number of piperidine rings is 1. The van der Waals surface area contributed by atoms with Crippen LogP contribution in [-0.2, 0) is 24.8 Å². The summed E-state index contributed by atoms with van der Waals surface area (Å²) in [5.41, 5.74) is 0.255. The second-order valence-electron chi connectivity index (χ2n) is 6.63. The predicted octanol–water partition coefficient (Wildman–Crippen LogP) is 1.09. The highest BCUT2D eigenvalue weighted by molar-refractivity contribution is 7.89. The van der Waals surface area contributed by atoms with E-state index in [9.17, 15) is 21.6 Å². The number of carbonyl (C=O) groups excluding carboxylic acids is 1. The Bertz CT molecular complexity index is 909. The van der Waals surface area contributed by atoms with Gasteiger partial charge in [0.2, 0.25) is 26.0 Å². The van der Waals surface area contributed by atoms with Crippen molar-refractivity contribution in [2.24, 2.45) is 0 Å². The summed E-state index contributed by atoms with van der Waals surface area (Å²) < 4.78 is 56.8. The second-order valence-corrected chi connectivity index (χ2v) is 10.6. The minimum atomic E-state index is -3.77. The highest BCUT2D eigenvalue weighted by Crippen LogP contribution is 2.31. The molecular formula is C17H27N3O6S2. The number of nitrogens with zero attached hydrogens (tertiary/aromatic N) is 2. The van der Waals surface area contributed by atoms with Crippen LogP contribution in [0.3, 0.4) is 0 Å². The van der Waals surface area contributed by atoms with Crippen molar-refractivity contribution in [1.82, 2.24) is 8.61 Å². The molecule has 9 nitrogen and oxygen atoms in total. The highest BCUT2D eigenvalue weighted by Gasteiger charge is 2.29. The Morgan fingerprint density at radius 3 is 2.39 bits per heavy atom. The highest BCUT2D eigenvalue weighted by atomic mass is 32.2. The molecule has 0 unspecified atom stereocenters. The number of hydrogen-bond acceptors (Lipinski definition) is 6. The third-order valence-electron chi connectivity index (χ3n) is 4.39. The molecule has 1 aliphatic heterocycles. The molecule has 0 atom stereocenters. The van der Waals surface area contributed by atoms with Crippen LogP contribution in [0.1, 0.15) is 26.2 Å². The van der Waals surface area contributed by atoms with E-state index in [0.29, 0.717) is 19.7 Å². The van der Waals surface area contributed by atoms with E-state index in [-0.39, 0.29) is 22.9 Å². The van der Waals surface area contributed by atoms with Crippen molar-refractivity contribution in [3.05, 3.63) is 18.2 Å². The molecular weight excluding hydrogens is 406 g/mol. The molecule has 1 N–H and O–H groups in total. The Hall–Kier alpha value is -1.69. The second kappa shape index (κ2) is 9.21. The molecule has 1 amide bonds. The number of anilines is 1. The summed E-state index contributed by atoms with van der Waals surface area (Å²) >= 11 is 0. The lowest BCUT2D eigenvalue weighted by molar-refractivity contribution is -0.116. The first-order chi connectivity index (χ1) is 13.1. The van der Waals surface area contributed by atoms with Gasteiger partial charge in [0.15, 0.2) is 0 Å². The van der Waals surface area contributed by atoms with Crippen LogP contribution in [0.25, 0.3) is 0 Å². The fourth-order valence-corrected chi connectivity index (χ4v) is 4.85. The van der Waals surface area contributed by atoms with Crippen molar-refractivity contribution in [3.63, 3.8) is 0 Å². The van der Waals surface area contributed by atoms with Crippen molar-refractivity contribution in [1.29, 1.82) is 0 Å². The van der Waals surface area contributed by atoms with Gasteiger partial charge in [-0.15, -0.1) is 0 Å². The van der Waals surface area contributed by atoms with Gasteiger partial charge in [-0.3, -0.25) is 4.79 Å². The largest absolute Gasteiger partial charge is 0.492 e. The number of likely N-dealkylation sites (N-methyl/N-ethyl adjacent to an activating group) is 1. The number of carbonyl (C=O) groups is 1. The third-order valence-corrected chi connectivity index (χ3v) is 7.57. The Labute approximate surface area is 166 Å². The summed E-state index contributed by atoms with van der Waals surface area (Å²) in [4.78, 5) is 12.1. The minimum Gasteiger partial charge on any atom is -0.492 e. The molecule has 1 heterocycles. The lowest BCUT2D eigenvalue weighted by Gasteiger charge is -2.27. The van der Waals surface area contributed by atoms with Gasteiger partial charge < -0.3 is 10.1 Å². The van der Waals surface area contributed by atoms with Crippen molar-refractivity contribution in [2.45, 2.75) is 31.1 Å². The SMILES string of the molecule is CCOc1ccc(NC(=O)CN(C)S(C)(=O)=O)cc1S(=O)(=O)N1CCCCC1. The zero-order valence-electron chi connectivity index (χ0n) is 16.3. The van der Waals surface area contributed by atoms with E-state index in [2.05, 4.69) is 5.32 Å². The number of ether oxygens (including phenoxy) is 1. The number of benzene rings is 1. The summed E-state index contributed by atoms with van der Waals surface area (Å²) in [5, 5.41) is 2.55. The van der Waals surface area contributed by atoms with E-state index in [1.54, 1.807) is 6.92 Å². The molecule has 0 bridgehead atoms. The van der Waals surface area contributed by atoms with Crippen LogP contribution in [0.2, 0.25) is 0 Å². The normalized spacial score (nSPS) is 16.1. The maximum absolute atomic E-state index is 13.1. The first kappa shape index (κ1) is 22.6. The molecule has 1 aromatic rings. The molecule has 1 fully saturated rings. The average Bonchev–Trinajstić information content (AvgIpc) is 2.63. The van der Waals surface area contributed by atoms with Crippen LogP contribution in [0, 0.1) is 0 Å². The van der Waals surface area contributed by atoms with Crippen molar-refractivity contribution >= 4 is 31.6 Å². The monoisotopic (exact) mass is 433 g/mol. The lowest BCUT2D eigenvalue weighted by atomic mass is 10.2. The zero-order chi connectivity index (χ0) is 20.9. The summed E-state index contributed by atoms with van der Waals surface area (Å²) in [6.45, 7) is 2.58. The molecule has 0 radical (unpaired) electrons. The van der Waals surface area contributed by atoms with Crippen LogP contribution in [0.4, 0.5) is 5.69 Å². The van der Waals surface area contributed by atoms with Gasteiger partial charge in [-0.1, -0.05) is 6.42 Å². The third kappa shape index (κ3) is 5.66. The molecule has 0 spiro atoms. The van der Waals surface area contributed by atoms with Gasteiger partial charge in [-0.25, -0.2) is 16.8 Å². The van der Waals surface area contributed by atoms with Crippen molar-refractivity contribution in [2.75, 3.05) is 44.9 Å². The molecule has 28 heavy (non-hydrogen) atoms. The van der Waals surface area contributed by atoms with Gasteiger partial charge in [0, 0.05) is 25.8 Å². The lowest BCUT2D eigenvalue weighted by Crippen LogP contribution is -2.36. The summed E-state index contributed by atoms with van der Waals surface area (Å²) in [6, 6.07) is 4.38. The quantitative estimate of drug-likeness (QED) is 0.657. The average molecular weight is 434 g/mol. The van der Waals surface area contributed by atoms with Gasteiger partial charge in [-0.2, -0.15) is 8.61 Å². The van der Waals surface area contributed by atoms with Crippen LogP contribution < -0.4 is 10.1 Å². The minimum absolute atomic E-state index is 0.00878. The van der Waals surface area contributed by atoms with E-state index in [0.717, 1.165) is 29.8 Å². The number of nitrogens with one attached hydrogen (secondary N) is 1. The maximum atomic E-state index is 13.1. The number of sulfonamides is 2. The molecule has 0 aromatic heterocycles. The first-order valence-electron chi connectivity index (χ1n) is 9.04. The molecule has 0 saturated carbocycles. The molecule has 1 saturated heterocycles. The van der Waals surface area contributed by atoms with Gasteiger partial charge >= 0.3 is 0 Å². The van der Waals surface area contributed by atoms with Crippen LogP contribution >= 0.6 is 0 Å². The van der Waals surface area contributed by atoms with Crippen LogP contribution in [0.5, 0.6) is 5.75 Å². The molecule has 11 heteroatoms. The van der Waals surface area contributed by atoms with E-state index in [1.807, 2.05) is 0 Å². The van der Waals surface area contributed by atoms with Crippen molar-refractivity contribution < 1.29 is 26.4 Å². The summed E-state index contributed by atoms with van der Waals surface area (Å²) in [6.07, 6.45) is 3.60. The standard InChI is InChI=1S/C17H27N3O6S2/c1-4-26-15-9-8-14(18-17(21)13-19(2)27(3,22)23)12-16(15)28(24,25)20-10-6-5-7-11-20/h8-9,12H,4-7,10-11,13H2,1-3H3,(H,18,21). The molecule has 0 aliphatic carbocycles. The molecule has 2 rings (SSSR count). The van der Waals surface area contributed by atoms with E-state index < -0.39 is 26.0 Å². The number of amides is 1. The van der Waals surface area contributed by atoms with Crippen molar-refractivity contribution in [3.8, 4) is 5.75 Å². The first-order valence-corrected chi connectivity index (χ1v) is 12.3. The van der Waals surface area contributed by atoms with Gasteiger partial charge in [0.05, 0.1) is 19.4 Å². The van der Waals surface area contributed by atoms with Crippen LogP contribution in [-0.4, -0.2) is 70.9 Å². The molecule has 1 aromatic carbocycles. The van der Waals surface area contributed by atoms with Crippen LogP contribution in [0.15, 0.2) is 23.1 Å². The Morgan fingerprint density at radius 1 is 1.18 bits per heavy atom. The van der Waals surface area contributed by atoms with Gasteiger partial charge in [0.25, 0.3) is 0 Å². The zero-order valence-corrected chi connectivity index (χ0v) is 18.0. The van der Waals surface area contributed by atoms with Gasteiger partial charge in [0.1, 0.15) is 10.6 Å². The Morgan fingerprint density at radius 2 is 1.82 bits per heavy atom. The predicted molar refractivity (Wildman–Crippen MR) is 106 cm³/mol. The Balaban J connectivity index is 2.28. The van der Waals surface area contributed by atoms with E-state index >= 15 is 0 Å². The number of hydrogen-bond donors (Lipinski definition) is 1. The smallest absolute Gasteiger partial charge is 0.246 e. The molecule has 158 valence electrons. The van der Waals surface area contributed by atoms with E-state index in [1.165, 1.54) is 29.6 Å². The topological polar surface area (TPSA) is 113 Å². The fraction of sp³-hybridized carbons (Fsp3) is 0.588.